The summed E-state index contributed by atoms with van der Waals surface area (Å²) in [6, 6.07) is 2.55. The maximum absolute atomic E-state index is 4.50. The molecule has 1 N–H and O–H groups in total. The second kappa shape index (κ2) is 6.93. The molecule has 0 aromatic carbocycles. The normalized spacial score (nSPS) is 28.0. The number of rotatable bonds is 6. The molecule has 3 atom stereocenters. The molecule has 1 aliphatic carbocycles. The molecule has 0 amide bonds. The highest BCUT2D eigenvalue weighted by Crippen LogP contribution is 2.44. The minimum atomic E-state index is 0.195. The maximum Gasteiger partial charge on any atom is 0.0678 e. The predicted molar refractivity (Wildman–Crippen MR) is 88.4 cm³/mol. The van der Waals surface area contributed by atoms with Crippen molar-refractivity contribution in [1.29, 1.82) is 0 Å². The summed E-state index contributed by atoms with van der Waals surface area (Å²) in [7, 11) is 4.49. The van der Waals surface area contributed by atoms with Gasteiger partial charge in [-0.2, -0.15) is 5.10 Å². The first-order valence-electron chi connectivity index (χ1n) is 8.47. The van der Waals surface area contributed by atoms with Crippen LogP contribution in [0.2, 0.25) is 0 Å². The molecule has 1 heterocycles. The fourth-order valence-electron chi connectivity index (χ4n) is 4.12. The van der Waals surface area contributed by atoms with Crippen molar-refractivity contribution in [3.8, 4) is 0 Å². The van der Waals surface area contributed by atoms with Crippen LogP contribution in [0.4, 0.5) is 0 Å². The predicted octanol–water partition coefficient (Wildman–Crippen LogP) is 3.06. The van der Waals surface area contributed by atoms with E-state index in [9.17, 15) is 0 Å². The zero-order chi connectivity index (χ0) is 15.5. The van der Waals surface area contributed by atoms with Crippen LogP contribution in [0.1, 0.15) is 58.2 Å². The third-order valence-electron chi connectivity index (χ3n) is 5.19. The molecule has 0 bridgehead atoms. The summed E-state index contributed by atoms with van der Waals surface area (Å²) < 4.78 is 2.15. The molecule has 0 aliphatic heterocycles. The van der Waals surface area contributed by atoms with Crippen molar-refractivity contribution in [2.45, 2.75) is 64.6 Å². The van der Waals surface area contributed by atoms with Crippen LogP contribution in [-0.4, -0.2) is 40.9 Å². The zero-order valence-corrected chi connectivity index (χ0v) is 14.4. The van der Waals surface area contributed by atoms with Crippen LogP contribution >= 0.6 is 0 Å². The average molecular weight is 292 g/mol. The minimum Gasteiger partial charge on any atom is -0.307 e. The van der Waals surface area contributed by atoms with Gasteiger partial charge in [0.25, 0.3) is 0 Å². The van der Waals surface area contributed by atoms with Crippen LogP contribution in [-0.2, 0) is 6.54 Å². The molecule has 0 saturated heterocycles. The van der Waals surface area contributed by atoms with Crippen molar-refractivity contribution in [2.75, 3.05) is 20.6 Å². The summed E-state index contributed by atoms with van der Waals surface area (Å²) in [5.74, 6) is 0.792. The molecule has 120 valence electrons. The van der Waals surface area contributed by atoms with E-state index in [4.69, 9.17) is 0 Å². The highest BCUT2D eigenvalue weighted by atomic mass is 15.3. The first kappa shape index (κ1) is 16.5. The Morgan fingerprint density at radius 1 is 1.48 bits per heavy atom. The summed E-state index contributed by atoms with van der Waals surface area (Å²) in [5.41, 5.74) is 1.53. The lowest BCUT2D eigenvalue weighted by Crippen LogP contribution is -2.56. The van der Waals surface area contributed by atoms with Crippen molar-refractivity contribution in [3.05, 3.63) is 18.0 Å². The van der Waals surface area contributed by atoms with Crippen molar-refractivity contribution < 1.29 is 0 Å². The highest BCUT2D eigenvalue weighted by molar-refractivity contribution is 5.17. The molecular formula is C17H32N4. The van der Waals surface area contributed by atoms with Gasteiger partial charge in [0.2, 0.25) is 0 Å². The number of aryl methyl sites for hydroxylation is 1. The van der Waals surface area contributed by atoms with Gasteiger partial charge in [0.05, 0.1) is 11.7 Å². The SMILES string of the molecule is CCNC(c1ccnn1CC)C1(N(C)C)CCCC(C)C1. The molecule has 1 fully saturated rings. The summed E-state index contributed by atoms with van der Waals surface area (Å²) >= 11 is 0. The molecule has 3 unspecified atom stereocenters. The Kier molecular flexibility index (Phi) is 5.44. The van der Waals surface area contributed by atoms with E-state index in [1.807, 2.05) is 6.20 Å². The largest absolute Gasteiger partial charge is 0.307 e. The molecule has 21 heavy (non-hydrogen) atoms. The molecule has 1 aliphatic rings. The van der Waals surface area contributed by atoms with Crippen LogP contribution < -0.4 is 5.32 Å². The maximum atomic E-state index is 4.50. The number of nitrogens with one attached hydrogen (secondary N) is 1. The summed E-state index contributed by atoms with van der Waals surface area (Å²) in [6.07, 6.45) is 7.14. The van der Waals surface area contributed by atoms with E-state index in [2.05, 4.69) is 60.9 Å². The third-order valence-corrected chi connectivity index (χ3v) is 5.19. The van der Waals surface area contributed by atoms with E-state index in [0.717, 1.165) is 19.0 Å². The van der Waals surface area contributed by atoms with Crippen LogP contribution in [0.15, 0.2) is 12.3 Å². The van der Waals surface area contributed by atoms with Gasteiger partial charge in [-0.3, -0.25) is 4.68 Å². The van der Waals surface area contributed by atoms with Gasteiger partial charge in [0.1, 0.15) is 0 Å². The number of nitrogens with zero attached hydrogens (tertiary/aromatic N) is 3. The monoisotopic (exact) mass is 292 g/mol. The van der Waals surface area contributed by atoms with Gasteiger partial charge in [-0.15, -0.1) is 0 Å². The fourth-order valence-corrected chi connectivity index (χ4v) is 4.12. The van der Waals surface area contributed by atoms with E-state index < -0.39 is 0 Å². The molecule has 2 rings (SSSR count). The molecular weight excluding hydrogens is 260 g/mol. The lowest BCUT2D eigenvalue weighted by Gasteiger charge is -2.50. The molecule has 0 spiro atoms. The van der Waals surface area contributed by atoms with Crippen LogP contribution in [0, 0.1) is 5.92 Å². The summed E-state index contributed by atoms with van der Waals surface area (Å²) in [4.78, 5) is 2.46. The number of hydrogen-bond donors (Lipinski definition) is 1. The van der Waals surface area contributed by atoms with Crippen molar-refractivity contribution >= 4 is 0 Å². The fraction of sp³-hybridized carbons (Fsp3) is 0.824. The Hall–Kier alpha value is -0.870. The molecule has 1 aromatic rings. The second-order valence-electron chi connectivity index (χ2n) is 6.76. The van der Waals surface area contributed by atoms with E-state index in [1.54, 1.807) is 0 Å². The van der Waals surface area contributed by atoms with Gasteiger partial charge in [-0.05, 0) is 52.4 Å². The second-order valence-corrected chi connectivity index (χ2v) is 6.76. The van der Waals surface area contributed by atoms with Gasteiger partial charge >= 0.3 is 0 Å². The number of aromatic nitrogens is 2. The molecule has 1 aromatic heterocycles. The lowest BCUT2D eigenvalue weighted by molar-refractivity contribution is 0.0342. The number of hydrogen-bond acceptors (Lipinski definition) is 3. The smallest absolute Gasteiger partial charge is 0.0678 e. The van der Waals surface area contributed by atoms with Crippen LogP contribution in [0.25, 0.3) is 0 Å². The quantitative estimate of drug-likeness (QED) is 0.875. The standard InChI is InChI=1S/C17H32N4/c1-6-18-16(15-10-12-19-21(15)7-2)17(20(4)5)11-8-9-14(3)13-17/h10,12,14,16,18H,6-9,11,13H2,1-5H3. The summed E-state index contributed by atoms with van der Waals surface area (Å²) in [6.45, 7) is 8.70. The number of likely N-dealkylation sites (N-methyl/N-ethyl adjacent to an activating group) is 2. The minimum absolute atomic E-state index is 0.195. The molecule has 0 radical (unpaired) electrons. The topological polar surface area (TPSA) is 33.1 Å². The van der Waals surface area contributed by atoms with Gasteiger partial charge in [0, 0.05) is 18.3 Å². The molecule has 4 nitrogen and oxygen atoms in total. The third kappa shape index (κ3) is 3.16. The van der Waals surface area contributed by atoms with Crippen molar-refractivity contribution in [1.82, 2.24) is 20.0 Å². The zero-order valence-electron chi connectivity index (χ0n) is 14.4. The van der Waals surface area contributed by atoms with E-state index in [-0.39, 0.29) is 5.54 Å². The van der Waals surface area contributed by atoms with Crippen LogP contribution in [0.3, 0.4) is 0 Å². The Bertz CT molecular complexity index is 440. The lowest BCUT2D eigenvalue weighted by atomic mass is 9.70. The highest BCUT2D eigenvalue weighted by Gasteiger charge is 2.45. The molecule has 4 heteroatoms. The molecule has 1 saturated carbocycles. The van der Waals surface area contributed by atoms with Gasteiger partial charge < -0.3 is 10.2 Å². The first-order chi connectivity index (χ1) is 10.0. The summed E-state index contributed by atoms with van der Waals surface area (Å²) in [5, 5.41) is 8.27. The van der Waals surface area contributed by atoms with Crippen molar-refractivity contribution in [2.24, 2.45) is 5.92 Å². The van der Waals surface area contributed by atoms with Crippen molar-refractivity contribution in [3.63, 3.8) is 0 Å². The van der Waals surface area contributed by atoms with Gasteiger partial charge in [0.15, 0.2) is 0 Å². The Morgan fingerprint density at radius 2 is 2.24 bits per heavy atom. The Labute approximate surface area is 129 Å². The van der Waals surface area contributed by atoms with E-state index in [1.165, 1.54) is 31.4 Å². The Balaban J connectivity index is 2.42. The Morgan fingerprint density at radius 3 is 2.81 bits per heavy atom. The van der Waals surface area contributed by atoms with Gasteiger partial charge in [-0.1, -0.05) is 26.7 Å². The first-order valence-corrected chi connectivity index (χ1v) is 8.47. The van der Waals surface area contributed by atoms with Gasteiger partial charge in [-0.25, -0.2) is 0 Å². The average Bonchev–Trinajstić information content (AvgIpc) is 2.92. The van der Waals surface area contributed by atoms with E-state index in [0.29, 0.717) is 6.04 Å². The van der Waals surface area contributed by atoms with E-state index >= 15 is 0 Å². The van der Waals surface area contributed by atoms with Crippen LogP contribution in [0.5, 0.6) is 0 Å².